The number of alkyl halides is 2. The van der Waals surface area contributed by atoms with Crippen molar-refractivity contribution >= 4 is 5.91 Å². The van der Waals surface area contributed by atoms with Crippen LogP contribution in [0.2, 0.25) is 0 Å². The third kappa shape index (κ3) is 3.57. The highest BCUT2D eigenvalue weighted by Crippen LogP contribution is 2.28. The summed E-state index contributed by atoms with van der Waals surface area (Å²) >= 11 is 0. The number of hydrogen-bond acceptors (Lipinski definition) is 3. The average Bonchev–Trinajstić information content (AvgIpc) is 3.20. The molecule has 0 N–H and O–H groups in total. The second-order valence-electron chi connectivity index (χ2n) is 6.73. The second kappa shape index (κ2) is 7.43. The van der Waals surface area contributed by atoms with Crippen LogP contribution in [0.1, 0.15) is 46.4 Å². The highest BCUT2D eigenvalue weighted by molar-refractivity contribution is 5.95. The van der Waals surface area contributed by atoms with Gasteiger partial charge in [0.25, 0.3) is 12.3 Å². The minimum atomic E-state index is -2.78. The van der Waals surface area contributed by atoms with Gasteiger partial charge in [-0.05, 0) is 37.8 Å². The molecule has 3 rings (SSSR count). The van der Waals surface area contributed by atoms with Crippen molar-refractivity contribution in [3.05, 3.63) is 46.8 Å². The fourth-order valence-corrected chi connectivity index (χ4v) is 3.47. The van der Waals surface area contributed by atoms with Gasteiger partial charge in [0, 0.05) is 19.8 Å². The van der Waals surface area contributed by atoms with Gasteiger partial charge >= 0.3 is 0 Å². The molecule has 0 aliphatic carbocycles. The number of aromatic nitrogens is 2. The van der Waals surface area contributed by atoms with Gasteiger partial charge in [-0.15, -0.1) is 0 Å². The van der Waals surface area contributed by atoms with E-state index in [-0.39, 0.29) is 11.6 Å². The van der Waals surface area contributed by atoms with Crippen molar-refractivity contribution in [2.75, 3.05) is 13.2 Å². The van der Waals surface area contributed by atoms with Gasteiger partial charge in [0.2, 0.25) is 0 Å². The lowest BCUT2D eigenvalue weighted by Crippen LogP contribution is -2.39. The van der Waals surface area contributed by atoms with Crippen molar-refractivity contribution in [2.45, 2.75) is 39.2 Å². The van der Waals surface area contributed by atoms with Crippen molar-refractivity contribution in [1.82, 2.24) is 14.7 Å². The molecule has 7 heteroatoms. The van der Waals surface area contributed by atoms with E-state index in [9.17, 15) is 13.6 Å². The predicted molar refractivity (Wildman–Crippen MR) is 93.6 cm³/mol. The van der Waals surface area contributed by atoms with E-state index in [0.29, 0.717) is 13.2 Å². The minimum absolute atomic E-state index is 0.0264. The number of carbonyl (C=O) groups excluding carboxylic acids is 1. The molecular weight excluding hydrogens is 340 g/mol. The SMILES string of the molecule is Cc1cccc(C)c1OCC1CCCN1C(=O)c1cn(C)nc1C(F)F. The lowest BCUT2D eigenvalue weighted by atomic mass is 10.1. The van der Waals surface area contributed by atoms with E-state index in [4.69, 9.17) is 4.74 Å². The van der Waals surface area contributed by atoms with E-state index in [1.807, 2.05) is 32.0 Å². The zero-order valence-corrected chi connectivity index (χ0v) is 15.2. The Bertz CT molecular complexity index is 784. The first-order valence-electron chi connectivity index (χ1n) is 8.70. The topological polar surface area (TPSA) is 47.4 Å². The van der Waals surface area contributed by atoms with Gasteiger partial charge in [-0.25, -0.2) is 8.78 Å². The summed E-state index contributed by atoms with van der Waals surface area (Å²) in [5.41, 5.74) is 1.58. The Morgan fingerprint density at radius 2 is 2.04 bits per heavy atom. The number of rotatable bonds is 5. The van der Waals surface area contributed by atoms with E-state index in [0.717, 1.165) is 29.7 Å². The van der Waals surface area contributed by atoms with Gasteiger partial charge in [-0.3, -0.25) is 9.48 Å². The number of hydrogen-bond donors (Lipinski definition) is 0. The molecule has 0 saturated carbocycles. The summed E-state index contributed by atoms with van der Waals surface area (Å²) in [6.45, 7) is 4.84. The smallest absolute Gasteiger partial charge is 0.282 e. The lowest BCUT2D eigenvalue weighted by Gasteiger charge is -2.25. The number of carbonyl (C=O) groups is 1. The molecule has 1 aliphatic heterocycles. The molecule has 26 heavy (non-hydrogen) atoms. The van der Waals surface area contributed by atoms with Crippen LogP contribution in [0.4, 0.5) is 8.78 Å². The molecule has 2 aromatic rings. The molecule has 1 aromatic heterocycles. The molecule has 0 radical (unpaired) electrons. The third-order valence-electron chi connectivity index (χ3n) is 4.76. The molecule has 0 bridgehead atoms. The van der Waals surface area contributed by atoms with E-state index < -0.39 is 18.0 Å². The summed E-state index contributed by atoms with van der Waals surface area (Å²) < 4.78 is 33.6. The summed E-state index contributed by atoms with van der Waals surface area (Å²) in [5.74, 6) is 0.419. The van der Waals surface area contributed by atoms with E-state index in [1.54, 1.807) is 4.90 Å². The molecule has 1 aromatic carbocycles. The van der Waals surface area contributed by atoms with E-state index in [1.165, 1.54) is 17.9 Å². The van der Waals surface area contributed by atoms with Crippen LogP contribution in [-0.4, -0.2) is 39.8 Å². The van der Waals surface area contributed by atoms with Gasteiger partial charge in [0.1, 0.15) is 18.1 Å². The van der Waals surface area contributed by atoms with Crippen molar-refractivity contribution in [3.63, 3.8) is 0 Å². The number of amides is 1. The molecular formula is C19H23F2N3O2. The van der Waals surface area contributed by atoms with Gasteiger partial charge in [0.05, 0.1) is 11.6 Å². The fraction of sp³-hybridized carbons (Fsp3) is 0.474. The maximum Gasteiger partial charge on any atom is 0.282 e. The highest BCUT2D eigenvalue weighted by atomic mass is 19.3. The molecule has 5 nitrogen and oxygen atoms in total. The summed E-state index contributed by atoms with van der Waals surface area (Å²) in [5, 5.41) is 3.73. The van der Waals surface area contributed by atoms with Crippen LogP contribution < -0.4 is 4.74 Å². The zero-order valence-electron chi connectivity index (χ0n) is 15.2. The largest absolute Gasteiger partial charge is 0.491 e. The summed E-state index contributed by atoms with van der Waals surface area (Å²) in [6, 6.07) is 5.79. The number of para-hydroxylation sites is 1. The summed E-state index contributed by atoms with van der Waals surface area (Å²) in [6.07, 6.45) is 0.214. The molecule has 1 aliphatic rings. The molecule has 1 fully saturated rings. The zero-order chi connectivity index (χ0) is 18.8. The number of likely N-dealkylation sites (tertiary alicyclic amines) is 1. The van der Waals surface area contributed by atoms with Crippen molar-refractivity contribution in [1.29, 1.82) is 0 Å². The Hall–Kier alpha value is -2.44. The van der Waals surface area contributed by atoms with Crippen LogP contribution in [0.15, 0.2) is 24.4 Å². The van der Waals surface area contributed by atoms with Gasteiger partial charge in [-0.2, -0.15) is 5.10 Å². The van der Waals surface area contributed by atoms with Gasteiger partial charge < -0.3 is 9.64 Å². The lowest BCUT2D eigenvalue weighted by molar-refractivity contribution is 0.0679. The molecule has 2 heterocycles. The van der Waals surface area contributed by atoms with Crippen LogP contribution in [0, 0.1) is 13.8 Å². The minimum Gasteiger partial charge on any atom is -0.491 e. The maximum atomic E-state index is 13.2. The first kappa shape index (κ1) is 18.4. The summed E-state index contributed by atoms with van der Waals surface area (Å²) in [4.78, 5) is 14.5. The fourth-order valence-electron chi connectivity index (χ4n) is 3.47. The standard InChI is InChI=1S/C19H23F2N3O2/c1-12-6-4-7-13(2)17(12)26-11-14-8-5-9-24(14)19(25)15-10-23(3)22-16(15)18(20)21/h4,6-7,10,14,18H,5,8-9,11H2,1-3H3. The first-order chi connectivity index (χ1) is 12.4. The number of halogens is 2. The van der Waals surface area contributed by atoms with Crippen molar-refractivity contribution < 1.29 is 18.3 Å². The molecule has 1 amide bonds. The Labute approximate surface area is 151 Å². The Kier molecular flexibility index (Phi) is 5.25. The molecule has 140 valence electrons. The predicted octanol–water partition coefficient (Wildman–Crippen LogP) is 3.66. The van der Waals surface area contributed by atoms with Crippen LogP contribution in [0.5, 0.6) is 5.75 Å². The molecule has 1 saturated heterocycles. The number of aryl methyl sites for hydroxylation is 3. The van der Waals surface area contributed by atoms with Crippen LogP contribution in [0.25, 0.3) is 0 Å². The Balaban J connectivity index is 1.75. The monoisotopic (exact) mass is 363 g/mol. The van der Waals surface area contributed by atoms with Crippen molar-refractivity contribution in [3.8, 4) is 5.75 Å². The van der Waals surface area contributed by atoms with E-state index in [2.05, 4.69) is 5.10 Å². The third-order valence-corrected chi connectivity index (χ3v) is 4.76. The maximum absolute atomic E-state index is 13.2. The van der Waals surface area contributed by atoms with E-state index >= 15 is 0 Å². The highest BCUT2D eigenvalue weighted by Gasteiger charge is 2.33. The average molecular weight is 363 g/mol. The number of ether oxygens (including phenoxy) is 1. The number of benzene rings is 1. The van der Waals surface area contributed by atoms with Crippen LogP contribution >= 0.6 is 0 Å². The molecule has 1 unspecified atom stereocenters. The quantitative estimate of drug-likeness (QED) is 0.815. The Morgan fingerprint density at radius 1 is 1.35 bits per heavy atom. The van der Waals surface area contributed by atoms with Crippen LogP contribution in [0.3, 0.4) is 0 Å². The van der Waals surface area contributed by atoms with Gasteiger partial charge in [0.15, 0.2) is 0 Å². The summed E-state index contributed by atoms with van der Waals surface area (Å²) in [7, 11) is 1.54. The molecule has 0 spiro atoms. The Morgan fingerprint density at radius 3 is 2.69 bits per heavy atom. The normalized spacial score (nSPS) is 17.2. The molecule has 1 atom stereocenters. The van der Waals surface area contributed by atoms with Gasteiger partial charge in [-0.1, -0.05) is 18.2 Å². The second-order valence-corrected chi connectivity index (χ2v) is 6.73. The van der Waals surface area contributed by atoms with Crippen molar-refractivity contribution in [2.24, 2.45) is 7.05 Å². The van der Waals surface area contributed by atoms with Crippen LogP contribution in [-0.2, 0) is 7.05 Å². The number of nitrogens with zero attached hydrogens (tertiary/aromatic N) is 3. The first-order valence-corrected chi connectivity index (χ1v) is 8.70.